The predicted molar refractivity (Wildman–Crippen MR) is 147 cm³/mol. The molecule has 4 rings (SSSR count). The van der Waals surface area contributed by atoms with Gasteiger partial charge in [0, 0.05) is 31.5 Å². The number of nitrogens with one attached hydrogen (secondary N) is 4. The van der Waals surface area contributed by atoms with Crippen molar-refractivity contribution in [2.24, 2.45) is 17.3 Å². The van der Waals surface area contributed by atoms with Crippen molar-refractivity contribution in [1.82, 2.24) is 26.2 Å². The summed E-state index contributed by atoms with van der Waals surface area (Å²) in [5.41, 5.74) is 0.345. The van der Waals surface area contributed by atoms with Crippen LogP contribution in [-0.4, -0.2) is 78.0 Å². The van der Waals surface area contributed by atoms with Crippen LogP contribution >= 0.6 is 0 Å². The van der Waals surface area contributed by atoms with Gasteiger partial charge >= 0.3 is 0 Å². The highest BCUT2D eigenvalue weighted by Crippen LogP contribution is 2.58. The van der Waals surface area contributed by atoms with E-state index in [1.807, 2.05) is 6.92 Å². The second-order valence-corrected chi connectivity index (χ2v) is 12.5. The van der Waals surface area contributed by atoms with Gasteiger partial charge in [-0.1, -0.05) is 19.8 Å². The quantitative estimate of drug-likeness (QED) is 0.246. The molecule has 4 aliphatic rings. The van der Waals surface area contributed by atoms with Gasteiger partial charge in [-0.05, 0) is 76.5 Å². The largest absolute Gasteiger partial charge is 0.356 e. The van der Waals surface area contributed by atoms with Gasteiger partial charge < -0.3 is 26.2 Å². The molecule has 4 atom stereocenters. The van der Waals surface area contributed by atoms with Crippen LogP contribution in [0, 0.1) is 17.3 Å². The zero-order valence-corrected chi connectivity index (χ0v) is 24.1. The van der Waals surface area contributed by atoms with Gasteiger partial charge in [-0.25, -0.2) is 0 Å². The molecule has 0 bridgehead atoms. The highest BCUT2D eigenvalue weighted by atomic mass is 16.2. The first kappa shape index (κ1) is 30.0. The van der Waals surface area contributed by atoms with Crippen LogP contribution in [0.3, 0.4) is 0 Å². The van der Waals surface area contributed by atoms with Crippen molar-refractivity contribution in [3.63, 3.8) is 0 Å². The summed E-state index contributed by atoms with van der Waals surface area (Å²) in [4.78, 5) is 79.0. The Morgan fingerprint density at radius 2 is 1.75 bits per heavy atom. The van der Waals surface area contributed by atoms with Crippen LogP contribution in [0.2, 0.25) is 0 Å². The lowest BCUT2D eigenvalue weighted by Gasteiger charge is -2.53. The lowest BCUT2D eigenvalue weighted by atomic mass is 9.51. The molecular weight excluding hydrogens is 514 g/mol. The number of carbonyl (C=O) groups excluding carboxylic acids is 6. The summed E-state index contributed by atoms with van der Waals surface area (Å²) in [6.07, 6.45) is 9.20. The maximum Gasteiger partial charge on any atom is 0.289 e. The van der Waals surface area contributed by atoms with Crippen molar-refractivity contribution < 1.29 is 28.8 Å². The molecule has 4 fully saturated rings. The molecular formula is C29H45N5O6. The van der Waals surface area contributed by atoms with E-state index in [1.54, 1.807) is 6.92 Å². The van der Waals surface area contributed by atoms with E-state index in [2.05, 4.69) is 21.3 Å². The maximum atomic E-state index is 13.5. The molecule has 1 aliphatic heterocycles. The molecule has 0 unspecified atom stereocenters. The average molecular weight is 560 g/mol. The molecule has 0 aromatic carbocycles. The topological polar surface area (TPSA) is 154 Å². The molecule has 5 amide bonds. The number of piperidine rings is 1. The van der Waals surface area contributed by atoms with Crippen molar-refractivity contribution in [1.29, 1.82) is 0 Å². The summed E-state index contributed by atoms with van der Waals surface area (Å²) in [5.74, 6) is -3.40. The van der Waals surface area contributed by atoms with Gasteiger partial charge in [0.1, 0.15) is 12.1 Å². The van der Waals surface area contributed by atoms with Crippen LogP contribution in [0.15, 0.2) is 0 Å². The smallest absolute Gasteiger partial charge is 0.289 e. The van der Waals surface area contributed by atoms with Gasteiger partial charge in [0.05, 0.1) is 6.04 Å². The molecule has 11 nitrogen and oxygen atoms in total. The summed E-state index contributed by atoms with van der Waals surface area (Å²) >= 11 is 0. The molecule has 0 radical (unpaired) electrons. The Morgan fingerprint density at radius 3 is 2.33 bits per heavy atom. The van der Waals surface area contributed by atoms with Crippen molar-refractivity contribution in [2.45, 2.75) is 115 Å². The van der Waals surface area contributed by atoms with Gasteiger partial charge in [-0.2, -0.15) is 0 Å². The van der Waals surface area contributed by atoms with Crippen molar-refractivity contribution >= 4 is 35.3 Å². The van der Waals surface area contributed by atoms with Gasteiger partial charge in [0.25, 0.3) is 5.91 Å². The van der Waals surface area contributed by atoms with Crippen LogP contribution in [0.1, 0.15) is 90.9 Å². The maximum absolute atomic E-state index is 13.5. The molecule has 3 saturated carbocycles. The monoisotopic (exact) mass is 559 g/mol. The molecule has 11 heteroatoms. The number of carbonyl (C=O) groups is 6. The minimum absolute atomic E-state index is 0.0142. The van der Waals surface area contributed by atoms with Crippen LogP contribution < -0.4 is 21.3 Å². The van der Waals surface area contributed by atoms with Crippen molar-refractivity contribution in [2.75, 3.05) is 13.6 Å². The van der Waals surface area contributed by atoms with E-state index in [9.17, 15) is 28.8 Å². The number of likely N-dealkylation sites (N-methyl/N-ethyl adjacent to an activating group) is 1. The third kappa shape index (κ3) is 7.01. The van der Waals surface area contributed by atoms with Crippen LogP contribution in [0.5, 0.6) is 0 Å². The predicted octanol–water partition coefficient (Wildman–Crippen LogP) is 0.947. The number of nitrogens with zero attached hydrogens (tertiary/aromatic N) is 1. The molecule has 222 valence electrons. The molecule has 40 heavy (non-hydrogen) atoms. The van der Waals surface area contributed by atoms with Gasteiger partial charge in [-0.3, -0.25) is 28.8 Å². The number of ketones is 1. The lowest BCUT2D eigenvalue weighted by Crippen LogP contribution is -2.58. The summed E-state index contributed by atoms with van der Waals surface area (Å²) in [6.45, 7) is 4.06. The van der Waals surface area contributed by atoms with E-state index < -0.39 is 47.5 Å². The Bertz CT molecular complexity index is 1010. The Kier molecular flexibility index (Phi) is 9.51. The summed E-state index contributed by atoms with van der Waals surface area (Å²) in [6, 6.07) is -2.92. The van der Waals surface area contributed by atoms with Crippen molar-refractivity contribution in [3.05, 3.63) is 0 Å². The summed E-state index contributed by atoms with van der Waals surface area (Å²) in [7, 11) is 1.52. The minimum atomic E-state index is -1.18. The normalized spacial score (nSPS) is 23.9. The second kappa shape index (κ2) is 12.7. The average Bonchev–Trinajstić information content (AvgIpc) is 3.68. The number of amides is 5. The number of rotatable bonds is 13. The first-order valence-electron chi connectivity index (χ1n) is 15.0. The molecule has 0 aromatic heterocycles. The Labute approximate surface area is 236 Å². The number of Topliss-reactive ketones (excluding diaryl/α,β-unsaturated/α-hetero) is 1. The van der Waals surface area contributed by atoms with E-state index >= 15 is 0 Å². The van der Waals surface area contributed by atoms with Gasteiger partial charge in [-0.15, -0.1) is 0 Å². The molecule has 3 aliphatic carbocycles. The summed E-state index contributed by atoms with van der Waals surface area (Å²) < 4.78 is 0. The fourth-order valence-corrected chi connectivity index (χ4v) is 6.37. The van der Waals surface area contributed by atoms with Crippen molar-refractivity contribution in [3.8, 4) is 0 Å². The Balaban J connectivity index is 1.38. The Morgan fingerprint density at radius 1 is 1.05 bits per heavy atom. The first-order valence-corrected chi connectivity index (χ1v) is 15.0. The van der Waals surface area contributed by atoms with E-state index in [-0.39, 0.29) is 30.2 Å². The van der Waals surface area contributed by atoms with E-state index in [0.29, 0.717) is 31.2 Å². The molecule has 1 saturated heterocycles. The SMILES string of the molecule is CCC[C@@H](C(=O)N[C@@H](C[C@@H]1CCCNC1=O)C(=O)C(=O)NC1CC1)N(C)C(=O)[C@@H](C)NC(=O)C1CC2(CCC2)C1. The lowest BCUT2D eigenvalue weighted by molar-refractivity contribution is -0.146. The highest BCUT2D eigenvalue weighted by molar-refractivity contribution is 6.38. The fourth-order valence-electron chi connectivity index (χ4n) is 6.37. The standard InChI is InChI=1S/C29H45N5O6/c1-4-7-22(34(3)28(40)17(2)31-25(37)19-15-29(16-19)11-6-12-29)26(38)33-21(14-18-8-5-13-30-24(18)36)23(35)27(39)32-20-9-10-20/h17-22H,4-16H2,1-3H3,(H,30,36)(H,31,37)(H,32,39)(H,33,38)/t17-,18+,21+,22+/m1/s1. The highest BCUT2D eigenvalue weighted by Gasteiger charge is 2.50. The van der Waals surface area contributed by atoms with Gasteiger partial charge in [0.2, 0.25) is 29.4 Å². The van der Waals surface area contributed by atoms with Crippen LogP contribution in [0.4, 0.5) is 0 Å². The zero-order chi connectivity index (χ0) is 29.0. The molecule has 1 spiro atoms. The third-order valence-corrected chi connectivity index (χ3v) is 9.24. The second-order valence-electron chi connectivity index (χ2n) is 12.5. The van der Waals surface area contributed by atoms with Gasteiger partial charge in [0.15, 0.2) is 0 Å². The fraction of sp³-hybridized carbons (Fsp3) is 0.793. The first-order chi connectivity index (χ1) is 19.0. The molecule has 0 aromatic rings. The van der Waals surface area contributed by atoms with E-state index in [4.69, 9.17) is 0 Å². The third-order valence-electron chi connectivity index (χ3n) is 9.24. The number of hydrogen-bond acceptors (Lipinski definition) is 6. The van der Waals surface area contributed by atoms with E-state index in [0.717, 1.165) is 32.1 Å². The van der Waals surface area contributed by atoms with E-state index in [1.165, 1.54) is 31.2 Å². The molecule has 4 N–H and O–H groups in total. The minimum Gasteiger partial charge on any atom is -0.356 e. The zero-order valence-electron chi connectivity index (χ0n) is 24.1. The van der Waals surface area contributed by atoms with Crippen LogP contribution in [-0.2, 0) is 28.8 Å². The molecule has 1 heterocycles. The Hall–Kier alpha value is -2.98. The summed E-state index contributed by atoms with van der Waals surface area (Å²) in [5, 5.41) is 11.0. The number of hydrogen-bond donors (Lipinski definition) is 4. The van der Waals surface area contributed by atoms with Crippen LogP contribution in [0.25, 0.3) is 0 Å².